The average molecular weight is 557 g/mol. The number of ether oxygens (including phenoxy) is 1. The van der Waals surface area contributed by atoms with Crippen LogP contribution in [0.2, 0.25) is 0 Å². The Bertz CT molecular complexity index is 678. The fraction of sp³-hybridized carbons (Fsp3) is 0.871. The lowest BCUT2D eigenvalue weighted by Gasteiger charge is -2.29. The van der Waals surface area contributed by atoms with E-state index in [0.29, 0.717) is 12.8 Å². The third-order valence-electron chi connectivity index (χ3n) is 7.49. The van der Waals surface area contributed by atoms with Crippen molar-refractivity contribution < 1.29 is 39.2 Å². The van der Waals surface area contributed by atoms with Gasteiger partial charge in [0.15, 0.2) is 5.60 Å². The van der Waals surface area contributed by atoms with Crippen LogP contribution in [0.4, 0.5) is 0 Å². The number of hydrogen-bond donors (Lipinski definition) is 3. The molecule has 0 aromatic heterocycles. The van der Waals surface area contributed by atoms with Crippen molar-refractivity contribution in [3.8, 4) is 0 Å². The SMILES string of the molecule is CCCCCCCCCCCCCCCCCCCCCCCC(C(=O)OC(C)=O)C(O)(CC(=O)O)C(=O)O. The van der Waals surface area contributed by atoms with Crippen LogP contribution in [0.3, 0.4) is 0 Å². The topological polar surface area (TPSA) is 138 Å². The van der Waals surface area contributed by atoms with Crippen molar-refractivity contribution in [2.75, 3.05) is 0 Å². The molecule has 39 heavy (non-hydrogen) atoms. The highest BCUT2D eigenvalue weighted by Gasteiger charge is 2.50. The van der Waals surface area contributed by atoms with Gasteiger partial charge in [0.1, 0.15) is 0 Å². The Labute approximate surface area is 236 Å². The fourth-order valence-corrected chi connectivity index (χ4v) is 5.12. The lowest BCUT2D eigenvalue weighted by Crippen LogP contribution is -2.51. The number of unbranched alkanes of at least 4 members (excludes halogenated alkanes) is 20. The summed E-state index contributed by atoms with van der Waals surface area (Å²) in [6.07, 6.45) is 24.5. The third-order valence-corrected chi connectivity index (χ3v) is 7.49. The van der Waals surface area contributed by atoms with Crippen LogP contribution >= 0.6 is 0 Å². The first-order valence-electron chi connectivity index (χ1n) is 15.5. The van der Waals surface area contributed by atoms with Gasteiger partial charge in [-0.15, -0.1) is 0 Å². The molecule has 0 heterocycles. The number of hydrogen-bond acceptors (Lipinski definition) is 6. The molecule has 0 fully saturated rings. The third kappa shape index (κ3) is 19.7. The van der Waals surface area contributed by atoms with Crippen LogP contribution in [0.15, 0.2) is 0 Å². The van der Waals surface area contributed by atoms with E-state index < -0.39 is 41.8 Å². The molecule has 0 saturated carbocycles. The summed E-state index contributed by atoms with van der Waals surface area (Å²) in [6, 6.07) is 0. The molecule has 228 valence electrons. The molecular weight excluding hydrogens is 500 g/mol. The summed E-state index contributed by atoms with van der Waals surface area (Å²) in [5, 5.41) is 28.9. The molecule has 0 aliphatic carbocycles. The maximum Gasteiger partial charge on any atom is 0.337 e. The van der Waals surface area contributed by atoms with Gasteiger partial charge in [-0.3, -0.25) is 14.4 Å². The molecule has 0 amide bonds. The normalized spacial score (nSPS) is 13.5. The first kappa shape index (κ1) is 37.0. The Kier molecular flexibility index (Phi) is 22.7. The van der Waals surface area contributed by atoms with Gasteiger partial charge in [-0.2, -0.15) is 0 Å². The Balaban J connectivity index is 3.87. The highest BCUT2D eigenvalue weighted by Crippen LogP contribution is 2.29. The number of carboxylic acids is 2. The monoisotopic (exact) mass is 556 g/mol. The molecule has 3 N–H and O–H groups in total. The first-order chi connectivity index (χ1) is 18.6. The maximum atomic E-state index is 12.3. The van der Waals surface area contributed by atoms with Crippen LogP contribution in [0.25, 0.3) is 0 Å². The number of aliphatic carboxylic acids is 2. The molecule has 0 aliphatic rings. The molecule has 0 bridgehead atoms. The molecule has 0 aromatic rings. The van der Waals surface area contributed by atoms with Crippen LogP contribution in [0.5, 0.6) is 0 Å². The quantitative estimate of drug-likeness (QED) is 0.0534. The lowest BCUT2D eigenvalue weighted by atomic mass is 9.81. The minimum absolute atomic E-state index is 0.0682. The minimum Gasteiger partial charge on any atom is -0.481 e. The van der Waals surface area contributed by atoms with E-state index in [1.807, 2.05) is 0 Å². The van der Waals surface area contributed by atoms with Crippen molar-refractivity contribution in [2.24, 2.45) is 5.92 Å². The van der Waals surface area contributed by atoms with E-state index in [1.54, 1.807) is 0 Å². The van der Waals surface area contributed by atoms with E-state index in [2.05, 4.69) is 11.7 Å². The van der Waals surface area contributed by atoms with Gasteiger partial charge in [0.2, 0.25) is 0 Å². The largest absolute Gasteiger partial charge is 0.481 e. The van der Waals surface area contributed by atoms with Gasteiger partial charge in [-0.05, 0) is 6.42 Å². The van der Waals surface area contributed by atoms with Crippen molar-refractivity contribution in [3.63, 3.8) is 0 Å². The predicted molar refractivity (Wildman–Crippen MR) is 152 cm³/mol. The van der Waals surface area contributed by atoms with Crippen molar-refractivity contribution in [1.82, 2.24) is 0 Å². The zero-order chi connectivity index (χ0) is 29.4. The van der Waals surface area contributed by atoms with E-state index in [1.165, 1.54) is 103 Å². The second-order valence-electron chi connectivity index (χ2n) is 11.1. The number of esters is 2. The second-order valence-corrected chi connectivity index (χ2v) is 11.1. The number of carbonyl (C=O) groups is 4. The summed E-state index contributed by atoms with van der Waals surface area (Å²) in [6.45, 7) is 3.25. The molecule has 0 aliphatic heterocycles. The zero-order valence-electron chi connectivity index (χ0n) is 24.7. The lowest BCUT2D eigenvalue weighted by molar-refractivity contribution is -0.183. The van der Waals surface area contributed by atoms with Crippen LogP contribution in [0, 0.1) is 5.92 Å². The van der Waals surface area contributed by atoms with Gasteiger partial charge in [0.05, 0.1) is 12.3 Å². The average Bonchev–Trinajstić information content (AvgIpc) is 2.86. The molecular formula is C31H56O8. The van der Waals surface area contributed by atoms with E-state index in [0.717, 1.165) is 26.2 Å². The smallest absolute Gasteiger partial charge is 0.337 e. The molecule has 8 nitrogen and oxygen atoms in total. The zero-order valence-corrected chi connectivity index (χ0v) is 24.7. The Morgan fingerprint density at radius 1 is 0.615 bits per heavy atom. The Morgan fingerprint density at radius 2 is 0.949 bits per heavy atom. The minimum atomic E-state index is -2.83. The molecule has 2 atom stereocenters. The van der Waals surface area contributed by atoms with Crippen LogP contribution in [0.1, 0.15) is 162 Å². The predicted octanol–water partition coefficient (Wildman–Crippen LogP) is 7.58. The summed E-state index contributed by atoms with van der Waals surface area (Å²) < 4.78 is 4.49. The van der Waals surface area contributed by atoms with Gasteiger partial charge in [0.25, 0.3) is 0 Å². The Hall–Kier alpha value is -1.96. The van der Waals surface area contributed by atoms with Crippen molar-refractivity contribution in [2.45, 2.75) is 167 Å². The molecule has 0 radical (unpaired) electrons. The van der Waals surface area contributed by atoms with Gasteiger partial charge < -0.3 is 20.1 Å². The molecule has 8 heteroatoms. The van der Waals surface area contributed by atoms with E-state index in [-0.39, 0.29) is 6.42 Å². The number of aliphatic hydroxyl groups is 1. The van der Waals surface area contributed by atoms with E-state index in [9.17, 15) is 29.4 Å². The van der Waals surface area contributed by atoms with Crippen molar-refractivity contribution in [1.29, 1.82) is 0 Å². The molecule has 0 rings (SSSR count). The van der Waals surface area contributed by atoms with Crippen LogP contribution in [-0.4, -0.2) is 44.8 Å². The molecule has 0 aromatic carbocycles. The van der Waals surface area contributed by atoms with Gasteiger partial charge in [-0.1, -0.05) is 142 Å². The highest BCUT2D eigenvalue weighted by atomic mass is 16.6. The Morgan fingerprint density at radius 3 is 1.23 bits per heavy atom. The fourth-order valence-electron chi connectivity index (χ4n) is 5.12. The van der Waals surface area contributed by atoms with E-state index in [4.69, 9.17) is 5.11 Å². The number of rotatable bonds is 27. The van der Waals surface area contributed by atoms with Gasteiger partial charge >= 0.3 is 23.9 Å². The van der Waals surface area contributed by atoms with Crippen molar-refractivity contribution in [3.05, 3.63) is 0 Å². The molecule has 2 unspecified atom stereocenters. The van der Waals surface area contributed by atoms with Gasteiger partial charge in [0, 0.05) is 6.92 Å². The van der Waals surface area contributed by atoms with Gasteiger partial charge in [-0.25, -0.2) is 4.79 Å². The molecule has 0 spiro atoms. The maximum absolute atomic E-state index is 12.3. The number of carboxylic acid groups (broad SMARTS) is 2. The first-order valence-corrected chi connectivity index (χ1v) is 15.5. The van der Waals surface area contributed by atoms with Crippen LogP contribution in [-0.2, 0) is 23.9 Å². The summed E-state index contributed by atoms with van der Waals surface area (Å²) in [7, 11) is 0. The summed E-state index contributed by atoms with van der Waals surface area (Å²) in [5.74, 6) is -7.15. The second kappa shape index (κ2) is 23.9. The summed E-state index contributed by atoms with van der Waals surface area (Å²) in [5.41, 5.74) is -2.83. The van der Waals surface area contributed by atoms with Crippen LogP contribution < -0.4 is 0 Å². The highest BCUT2D eigenvalue weighted by molar-refractivity contribution is 5.93. The number of carbonyl (C=O) groups excluding carboxylic acids is 2. The molecule has 0 saturated heterocycles. The van der Waals surface area contributed by atoms with Crippen molar-refractivity contribution >= 4 is 23.9 Å². The standard InChI is InChI=1S/C31H56O8/c1-3-4-5-6-7-8-9-10-11-12-13-14-15-16-17-18-19-20-21-22-23-24-27(29(35)39-26(2)32)31(38,30(36)37)25-28(33)34/h27,38H,3-25H2,1-2H3,(H,33,34)(H,36,37). The van der Waals surface area contributed by atoms with E-state index >= 15 is 0 Å². The summed E-state index contributed by atoms with van der Waals surface area (Å²) >= 11 is 0. The summed E-state index contributed by atoms with van der Waals surface area (Å²) in [4.78, 5) is 46.1.